The van der Waals surface area contributed by atoms with Crippen LogP contribution >= 0.6 is 11.3 Å². The number of amides is 1. The minimum atomic E-state index is -3.56. The Bertz CT molecular complexity index is 1290. The number of aromatic nitrogens is 2. The van der Waals surface area contributed by atoms with E-state index in [1.807, 2.05) is 13.8 Å². The molecule has 0 fully saturated rings. The zero-order valence-electron chi connectivity index (χ0n) is 17.4. The summed E-state index contributed by atoms with van der Waals surface area (Å²) in [5.74, 6) is -0.223. The maximum absolute atomic E-state index is 13.1. The Morgan fingerprint density at radius 2 is 2.00 bits per heavy atom. The van der Waals surface area contributed by atoms with Gasteiger partial charge < -0.3 is 4.90 Å². The number of aryl methyl sites for hydroxylation is 1. The van der Waals surface area contributed by atoms with Crippen molar-refractivity contribution in [3.63, 3.8) is 0 Å². The Kier molecular flexibility index (Phi) is 5.96. The van der Waals surface area contributed by atoms with Gasteiger partial charge in [-0.3, -0.25) is 14.2 Å². The molecule has 0 bridgehead atoms. The van der Waals surface area contributed by atoms with Gasteiger partial charge in [0.05, 0.1) is 16.6 Å². The number of nitrogens with zero attached hydrogens (tertiary/aromatic N) is 4. The van der Waals surface area contributed by atoms with Crippen molar-refractivity contribution in [3.05, 3.63) is 51.9 Å². The van der Waals surface area contributed by atoms with Crippen molar-refractivity contribution in [1.82, 2.24) is 13.9 Å². The number of carbonyl (C=O) groups excluding carboxylic acids is 1. The van der Waals surface area contributed by atoms with Gasteiger partial charge in [0.2, 0.25) is 15.9 Å². The van der Waals surface area contributed by atoms with Crippen molar-refractivity contribution < 1.29 is 13.2 Å². The van der Waals surface area contributed by atoms with Gasteiger partial charge in [-0.1, -0.05) is 13.8 Å². The minimum absolute atomic E-state index is 0.115. The normalized spacial score (nSPS) is 14.2. The lowest BCUT2D eigenvalue weighted by Crippen LogP contribution is -2.39. The molecule has 1 aliphatic heterocycles. The van der Waals surface area contributed by atoms with Crippen LogP contribution in [0.1, 0.15) is 25.8 Å². The molecule has 0 saturated carbocycles. The summed E-state index contributed by atoms with van der Waals surface area (Å²) >= 11 is 1.38. The van der Waals surface area contributed by atoms with E-state index in [4.69, 9.17) is 0 Å². The molecule has 10 heteroatoms. The molecule has 0 spiro atoms. The lowest BCUT2D eigenvalue weighted by atomic mass is 10.0. The van der Waals surface area contributed by atoms with Crippen molar-refractivity contribution >= 4 is 43.2 Å². The molecular formula is C21H24N4O4S2. The third-order valence-corrected chi connectivity index (χ3v) is 8.44. The quantitative estimate of drug-likeness (QED) is 0.563. The molecule has 1 amide bonds. The van der Waals surface area contributed by atoms with Gasteiger partial charge in [0.25, 0.3) is 5.56 Å². The van der Waals surface area contributed by atoms with Crippen LogP contribution in [0, 0.1) is 0 Å². The molecule has 164 valence electrons. The van der Waals surface area contributed by atoms with Crippen LogP contribution in [0.15, 0.2) is 45.7 Å². The highest BCUT2D eigenvalue weighted by molar-refractivity contribution is 7.89. The lowest BCUT2D eigenvalue weighted by Gasteiger charge is -2.30. The first-order chi connectivity index (χ1) is 14.9. The van der Waals surface area contributed by atoms with Crippen LogP contribution in [-0.2, 0) is 27.8 Å². The SMILES string of the molecule is CCN(CC)S(=O)(=O)c1ccc2c(c1)CCCN2C(=O)Cn1cnc2sccc2c1=O. The fourth-order valence-corrected chi connectivity index (χ4v) is 6.18. The monoisotopic (exact) mass is 460 g/mol. The molecule has 2 aromatic heterocycles. The van der Waals surface area contributed by atoms with Gasteiger partial charge in [-0.2, -0.15) is 4.31 Å². The van der Waals surface area contributed by atoms with E-state index in [0.717, 1.165) is 12.0 Å². The predicted octanol–water partition coefficient (Wildman–Crippen LogP) is 2.47. The topological polar surface area (TPSA) is 92.6 Å². The molecular weight excluding hydrogens is 436 g/mol. The Morgan fingerprint density at radius 1 is 1.23 bits per heavy atom. The molecule has 3 heterocycles. The molecule has 0 aliphatic carbocycles. The second kappa shape index (κ2) is 8.52. The van der Waals surface area contributed by atoms with E-state index in [-0.39, 0.29) is 22.9 Å². The number of fused-ring (bicyclic) bond motifs is 2. The van der Waals surface area contributed by atoms with Crippen LogP contribution in [0.2, 0.25) is 0 Å². The number of anilines is 1. The maximum atomic E-state index is 13.1. The molecule has 0 unspecified atom stereocenters. The number of sulfonamides is 1. The molecule has 0 radical (unpaired) electrons. The fourth-order valence-electron chi connectivity index (χ4n) is 3.94. The van der Waals surface area contributed by atoms with E-state index in [2.05, 4.69) is 4.98 Å². The van der Waals surface area contributed by atoms with Crippen LogP contribution < -0.4 is 10.5 Å². The Balaban J connectivity index is 1.62. The number of hydrogen-bond acceptors (Lipinski definition) is 6. The van der Waals surface area contributed by atoms with Gasteiger partial charge >= 0.3 is 0 Å². The number of rotatable bonds is 6. The minimum Gasteiger partial charge on any atom is -0.311 e. The molecule has 0 atom stereocenters. The van der Waals surface area contributed by atoms with E-state index >= 15 is 0 Å². The smallest absolute Gasteiger partial charge is 0.262 e. The summed E-state index contributed by atoms with van der Waals surface area (Å²) in [7, 11) is -3.56. The lowest BCUT2D eigenvalue weighted by molar-refractivity contribution is -0.119. The molecule has 1 aliphatic rings. The van der Waals surface area contributed by atoms with Crippen molar-refractivity contribution in [2.75, 3.05) is 24.5 Å². The number of benzene rings is 1. The van der Waals surface area contributed by atoms with E-state index in [9.17, 15) is 18.0 Å². The zero-order valence-corrected chi connectivity index (χ0v) is 19.1. The number of thiophene rings is 1. The average Bonchev–Trinajstić information content (AvgIpc) is 3.25. The van der Waals surface area contributed by atoms with E-state index in [1.54, 1.807) is 34.5 Å². The molecule has 1 aromatic carbocycles. The highest BCUT2D eigenvalue weighted by Crippen LogP contribution is 2.30. The second-order valence-corrected chi connectivity index (χ2v) is 10.2. The molecule has 0 N–H and O–H groups in total. The fraction of sp³-hybridized carbons (Fsp3) is 0.381. The first kappa shape index (κ1) is 21.7. The third-order valence-electron chi connectivity index (χ3n) is 5.57. The van der Waals surface area contributed by atoms with Gasteiger partial charge in [-0.05, 0) is 48.1 Å². The van der Waals surface area contributed by atoms with Crippen LogP contribution in [0.25, 0.3) is 10.2 Å². The van der Waals surface area contributed by atoms with Gasteiger partial charge in [-0.25, -0.2) is 13.4 Å². The van der Waals surface area contributed by atoms with Gasteiger partial charge in [0.15, 0.2) is 0 Å². The molecule has 8 nitrogen and oxygen atoms in total. The molecule has 31 heavy (non-hydrogen) atoms. The summed E-state index contributed by atoms with van der Waals surface area (Å²) in [6.45, 7) is 4.83. The van der Waals surface area contributed by atoms with Crippen molar-refractivity contribution in [1.29, 1.82) is 0 Å². The number of carbonyl (C=O) groups is 1. The highest BCUT2D eigenvalue weighted by atomic mass is 32.2. The number of hydrogen-bond donors (Lipinski definition) is 0. The molecule has 3 aromatic rings. The van der Waals surface area contributed by atoms with Gasteiger partial charge in [0.1, 0.15) is 11.4 Å². The summed E-state index contributed by atoms with van der Waals surface area (Å²) < 4.78 is 28.5. The summed E-state index contributed by atoms with van der Waals surface area (Å²) in [5.41, 5.74) is 1.29. The first-order valence-electron chi connectivity index (χ1n) is 10.2. The molecule has 4 rings (SSSR count). The largest absolute Gasteiger partial charge is 0.311 e. The van der Waals surface area contributed by atoms with Crippen molar-refractivity contribution in [2.24, 2.45) is 0 Å². The van der Waals surface area contributed by atoms with E-state index in [1.165, 1.54) is 26.5 Å². The van der Waals surface area contributed by atoms with Crippen LogP contribution in [0.4, 0.5) is 5.69 Å². The Hall–Kier alpha value is -2.56. The summed E-state index contributed by atoms with van der Waals surface area (Å²) in [6, 6.07) is 6.65. The Morgan fingerprint density at radius 3 is 2.74 bits per heavy atom. The third kappa shape index (κ3) is 3.90. The first-order valence-corrected chi connectivity index (χ1v) is 12.5. The molecule has 0 saturated heterocycles. The van der Waals surface area contributed by atoms with E-state index < -0.39 is 10.0 Å². The van der Waals surface area contributed by atoms with Gasteiger partial charge in [-0.15, -0.1) is 11.3 Å². The maximum Gasteiger partial charge on any atom is 0.262 e. The summed E-state index contributed by atoms with van der Waals surface area (Å²) in [4.78, 5) is 32.5. The van der Waals surface area contributed by atoms with Crippen LogP contribution in [-0.4, -0.2) is 47.8 Å². The van der Waals surface area contributed by atoms with Gasteiger partial charge in [0, 0.05) is 25.3 Å². The standard InChI is InChI=1S/C21H24N4O4S2/c1-3-24(4-2)31(28,29)16-7-8-18-15(12-16)6-5-10-25(18)19(26)13-23-14-22-20-17(21(23)27)9-11-30-20/h7-9,11-12,14H,3-6,10,13H2,1-2H3. The highest BCUT2D eigenvalue weighted by Gasteiger charge is 2.27. The van der Waals surface area contributed by atoms with Crippen LogP contribution in [0.5, 0.6) is 0 Å². The van der Waals surface area contributed by atoms with Crippen molar-refractivity contribution in [3.8, 4) is 0 Å². The van der Waals surface area contributed by atoms with E-state index in [0.29, 0.717) is 42.0 Å². The zero-order chi connectivity index (χ0) is 22.2. The van der Waals surface area contributed by atoms with Crippen LogP contribution in [0.3, 0.4) is 0 Å². The Labute approximate surface area is 184 Å². The second-order valence-electron chi connectivity index (χ2n) is 7.35. The van der Waals surface area contributed by atoms with Crippen molar-refractivity contribution in [2.45, 2.75) is 38.1 Å². The summed E-state index contributed by atoms with van der Waals surface area (Å²) in [5, 5.41) is 2.31. The average molecular weight is 461 g/mol. The predicted molar refractivity (Wildman–Crippen MR) is 121 cm³/mol. The summed E-state index contributed by atoms with van der Waals surface area (Å²) in [6.07, 6.45) is 2.83.